The summed E-state index contributed by atoms with van der Waals surface area (Å²) in [7, 11) is 0. The van der Waals surface area contributed by atoms with E-state index in [1.807, 2.05) is 36.4 Å². The third-order valence-electron chi connectivity index (χ3n) is 2.98. The zero-order valence-electron chi connectivity index (χ0n) is 9.98. The molecule has 1 atom stereocenters. The minimum Gasteiger partial charge on any atom is -0.426 e. The second-order valence-electron chi connectivity index (χ2n) is 4.07. The maximum absolute atomic E-state index is 11.8. The fourth-order valence-electron chi connectivity index (χ4n) is 2.12. The molecule has 0 saturated heterocycles. The molecule has 1 aliphatic rings. The van der Waals surface area contributed by atoms with Crippen LogP contribution in [0.3, 0.4) is 0 Å². The molecule has 0 N–H and O–H groups in total. The molecular formula is C14H13Cl2NO2. The monoisotopic (exact) mass is 297 g/mol. The van der Waals surface area contributed by atoms with Crippen molar-refractivity contribution in [3.05, 3.63) is 59.9 Å². The normalized spacial score (nSPS) is 15.8. The predicted octanol–water partition coefficient (Wildman–Crippen LogP) is 3.17. The van der Waals surface area contributed by atoms with Gasteiger partial charge in [0, 0.05) is 18.0 Å². The van der Waals surface area contributed by atoms with Crippen LogP contribution in [0.4, 0.5) is 0 Å². The van der Waals surface area contributed by atoms with E-state index in [9.17, 15) is 4.79 Å². The van der Waals surface area contributed by atoms with Crippen LogP contribution in [0.2, 0.25) is 0 Å². The Bertz CT molecular complexity index is 560. The summed E-state index contributed by atoms with van der Waals surface area (Å²) in [5.41, 5.74) is 2.08. The van der Waals surface area contributed by atoms with E-state index in [1.54, 1.807) is 12.4 Å². The molecule has 2 heterocycles. The maximum atomic E-state index is 11.8. The van der Waals surface area contributed by atoms with Gasteiger partial charge in [0.05, 0.1) is 5.92 Å². The molecule has 1 unspecified atom stereocenters. The lowest BCUT2D eigenvalue weighted by atomic mass is 9.94. The molecule has 5 heteroatoms. The van der Waals surface area contributed by atoms with Gasteiger partial charge in [0.15, 0.2) is 0 Å². The summed E-state index contributed by atoms with van der Waals surface area (Å²) in [5, 5.41) is 0. The van der Waals surface area contributed by atoms with Crippen molar-refractivity contribution < 1.29 is 9.53 Å². The second-order valence-corrected chi connectivity index (χ2v) is 4.07. The van der Waals surface area contributed by atoms with Gasteiger partial charge in [-0.3, -0.25) is 9.78 Å². The van der Waals surface area contributed by atoms with Crippen LogP contribution in [-0.4, -0.2) is 11.0 Å². The van der Waals surface area contributed by atoms with Crippen molar-refractivity contribution in [2.45, 2.75) is 12.3 Å². The molecule has 19 heavy (non-hydrogen) atoms. The first-order chi connectivity index (χ1) is 8.34. The summed E-state index contributed by atoms with van der Waals surface area (Å²) in [4.78, 5) is 15.8. The lowest BCUT2D eigenvalue weighted by molar-refractivity contribution is -0.134. The van der Waals surface area contributed by atoms with Gasteiger partial charge < -0.3 is 4.74 Å². The Morgan fingerprint density at radius 2 is 1.74 bits per heavy atom. The molecule has 0 radical (unpaired) electrons. The molecule has 0 fully saturated rings. The maximum Gasteiger partial charge on any atom is 0.319 e. The van der Waals surface area contributed by atoms with Crippen molar-refractivity contribution in [3.63, 3.8) is 0 Å². The minimum atomic E-state index is -0.186. The molecule has 2 aromatic rings. The average Bonchev–Trinajstić information content (AvgIpc) is 2.68. The number of aromatic nitrogens is 1. The number of fused-ring (bicyclic) bond motifs is 1. The number of hydrogen-bond acceptors (Lipinski definition) is 3. The Kier molecular flexibility index (Phi) is 5.33. The first-order valence-electron chi connectivity index (χ1n) is 5.54. The third-order valence-corrected chi connectivity index (χ3v) is 2.98. The first kappa shape index (κ1) is 15.5. The standard InChI is InChI=1S/C14H11NO2.2ClH/c16-14-12(9-10-5-7-15-8-6-10)11-3-1-2-4-13(11)17-14;;/h1-8,12H,9H2;2*1H. The summed E-state index contributed by atoms with van der Waals surface area (Å²) in [6.45, 7) is 0. The molecule has 1 aromatic heterocycles. The zero-order valence-corrected chi connectivity index (χ0v) is 11.6. The smallest absolute Gasteiger partial charge is 0.319 e. The van der Waals surface area contributed by atoms with E-state index in [0.717, 1.165) is 11.1 Å². The number of carbonyl (C=O) groups excluding carboxylic acids is 1. The highest BCUT2D eigenvalue weighted by Crippen LogP contribution is 2.36. The summed E-state index contributed by atoms with van der Waals surface area (Å²) < 4.78 is 5.24. The summed E-state index contributed by atoms with van der Waals surface area (Å²) in [6, 6.07) is 11.4. The lowest BCUT2D eigenvalue weighted by Gasteiger charge is -2.06. The van der Waals surface area contributed by atoms with E-state index in [4.69, 9.17) is 4.74 Å². The third kappa shape index (κ3) is 3.06. The Hall–Kier alpha value is -1.58. The van der Waals surface area contributed by atoms with E-state index < -0.39 is 0 Å². The van der Waals surface area contributed by atoms with Gasteiger partial charge in [-0.1, -0.05) is 18.2 Å². The van der Waals surface area contributed by atoms with Crippen molar-refractivity contribution >= 4 is 30.8 Å². The van der Waals surface area contributed by atoms with Gasteiger partial charge in [0.25, 0.3) is 0 Å². The number of esters is 1. The Balaban J connectivity index is 0.000000902. The average molecular weight is 298 g/mol. The van der Waals surface area contributed by atoms with Crippen LogP contribution in [0, 0.1) is 0 Å². The van der Waals surface area contributed by atoms with Crippen LogP contribution in [0.25, 0.3) is 0 Å². The van der Waals surface area contributed by atoms with Crippen molar-refractivity contribution in [1.82, 2.24) is 4.98 Å². The van der Waals surface area contributed by atoms with Crippen LogP contribution in [0.1, 0.15) is 17.0 Å². The van der Waals surface area contributed by atoms with E-state index in [2.05, 4.69) is 4.98 Å². The molecule has 3 rings (SSSR count). The summed E-state index contributed by atoms with van der Waals surface area (Å²) in [6.07, 6.45) is 4.14. The number of pyridine rings is 1. The number of para-hydroxylation sites is 1. The van der Waals surface area contributed by atoms with Gasteiger partial charge in [-0.15, -0.1) is 24.8 Å². The number of carbonyl (C=O) groups is 1. The quantitative estimate of drug-likeness (QED) is 0.631. The van der Waals surface area contributed by atoms with Gasteiger partial charge in [0.2, 0.25) is 0 Å². The molecule has 0 bridgehead atoms. The fourth-order valence-corrected chi connectivity index (χ4v) is 2.12. The van der Waals surface area contributed by atoms with Crippen molar-refractivity contribution in [2.24, 2.45) is 0 Å². The molecule has 100 valence electrons. The molecule has 1 aliphatic heterocycles. The number of nitrogens with zero attached hydrogens (tertiary/aromatic N) is 1. The fraction of sp³-hybridized carbons (Fsp3) is 0.143. The largest absolute Gasteiger partial charge is 0.426 e. The zero-order chi connectivity index (χ0) is 11.7. The molecule has 0 amide bonds. The van der Waals surface area contributed by atoms with Crippen LogP contribution < -0.4 is 4.74 Å². The van der Waals surface area contributed by atoms with Gasteiger partial charge in [-0.05, 0) is 30.2 Å². The summed E-state index contributed by atoms with van der Waals surface area (Å²) >= 11 is 0. The number of rotatable bonds is 2. The van der Waals surface area contributed by atoms with Crippen molar-refractivity contribution in [2.75, 3.05) is 0 Å². The molecular weight excluding hydrogens is 285 g/mol. The highest BCUT2D eigenvalue weighted by Gasteiger charge is 2.32. The molecule has 3 nitrogen and oxygen atoms in total. The van der Waals surface area contributed by atoms with Gasteiger partial charge in [0.1, 0.15) is 5.75 Å². The van der Waals surface area contributed by atoms with Crippen LogP contribution in [0.15, 0.2) is 48.8 Å². The lowest BCUT2D eigenvalue weighted by Crippen LogP contribution is -2.12. The molecule has 0 spiro atoms. The molecule has 0 aliphatic carbocycles. The minimum absolute atomic E-state index is 0. The van der Waals surface area contributed by atoms with Gasteiger partial charge in [-0.2, -0.15) is 0 Å². The van der Waals surface area contributed by atoms with E-state index in [-0.39, 0.29) is 36.7 Å². The Morgan fingerprint density at radius 3 is 2.47 bits per heavy atom. The second kappa shape index (κ2) is 6.55. The Labute approximate surface area is 123 Å². The van der Waals surface area contributed by atoms with Crippen molar-refractivity contribution in [1.29, 1.82) is 0 Å². The van der Waals surface area contributed by atoms with Crippen LogP contribution in [0.5, 0.6) is 5.75 Å². The van der Waals surface area contributed by atoms with Gasteiger partial charge >= 0.3 is 5.97 Å². The first-order valence-corrected chi connectivity index (χ1v) is 5.54. The number of benzene rings is 1. The number of hydrogen-bond donors (Lipinski definition) is 0. The SMILES string of the molecule is Cl.Cl.O=C1Oc2ccccc2C1Cc1ccncc1. The topological polar surface area (TPSA) is 39.2 Å². The van der Waals surface area contributed by atoms with E-state index in [0.29, 0.717) is 12.2 Å². The number of halogens is 2. The van der Waals surface area contributed by atoms with Crippen molar-refractivity contribution in [3.8, 4) is 5.75 Å². The van der Waals surface area contributed by atoms with Gasteiger partial charge in [-0.25, -0.2) is 0 Å². The predicted molar refractivity (Wildman–Crippen MR) is 77.3 cm³/mol. The number of ether oxygens (including phenoxy) is 1. The summed E-state index contributed by atoms with van der Waals surface area (Å²) in [5.74, 6) is 0.341. The van der Waals surface area contributed by atoms with Crippen LogP contribution in [-0.2, 0) is 11.2 Å². The van der Waals surface area contributed by atoms with E-state index in [1.165, 1.54) is 0 Å². The highest BCUT2D eigenvalue weighted by atomic mass is 35.5. The van der Waals surface area contributed by atoms with E-state index >= 15 is 0 Å². The molecule has 0 saturated carbocycles. The van der Waals surface area contributed by atoms with Crippen LogP contribution >= 0.6 is 24.8 Å². The Morgan fingerprint density at radius 1 is 1.05 bits per heavy atom. The highest BCUT2D eigenvalue weighted by molar-refractivity contribution is 5.86. The molecule has 1 aromatic carbocycles.